The molecule has 3 heteroatoms. The van der Waals surface area contributed by atoms with Crippen LogP contribution in [0.5, 0.6) is 0 Å². The maximum Gasteiger partial charge on any atom is 0.310 e. The van der Waals surface area contributed by atoms with Crippen molar-refractivity contribution in [2.24, 2.45) is 5.92 Å². The summed E-state index contributed by atoms with van der Waals surface area (Å²) in [6.45, 7) is 4.64. The Labute approximate surface area is 96.6 Å². The summed E-state index contributed by atoms with van der Waals surface area (Å²) in [6, 6.07) is 7.31. The zero-order valence-electron chi connectivity index (χ0n) is 9.90. The fourth-order valence-electron chi connectivity index (χ4n) is 1.27. The molecule has 0 aromatic heterocycles. The normalized spacial score (nSPS) is 12.1. The highest BCUT2D eigenvalue weighted by molar-refractivity contribution is 5.73. The number of carbonyl (C=O) groups is 1. The maximum absolute atomic E-state index is 11.5. The van der Waals surface area contributed by atoms with E-state index in [0.29, 0.717) is 24.6 Å². The molecule has 0 aliphatic carbocycles. The van der Waals surface area contributed by atoms with E-state index in [2.05, 4.69) is 13.8 Å². The number of anilines is 1. The van der Waals surface area contributed by atoms with Crippen LogP contribution >= 0.6 is 0 Å². The van der Waals surface area contributed by atoms with Gasteiger partial charge in [0.1, 0.15) is 0 Å². The molecule has 0 saturated carbocycles. The molecule has 0 heterocycles. The first kappa shape index (κ1) is 12.6. The molecule has 0 saturated heterocycles. The third kappa shape index (κ3) is 4.34. The van der Waals surface area contributed by atoms with E-state index in [9.17, 15) is 4.79 Å². The molecule has 0 aliphatic heterocycles. The third-order valence-electron chi connectivity index (χ3n) is 2.53. The van der Waals surface area contributed by atoms with Crippen LogP contribution in [-0.4, -0.2) is 12.6 Å². The van der Waals surface area contributed by atoms with E-state index in [1.165, 1.54) is 0 Å². The SMILES string of the molecule is CCC(C)COC(=O)Cc1cccc(N)c1. The molecule has 1 aromatic carbocycles. The summed E-state index contributed by atoms with van der Waals surface area (Å²) < 4.78 is 5.16. The van der Waals surface area contributed by atoms with Crippen molar-refractivity contribution in [1.29, 1.82) is 0 Å². The second-order valence-corrected chi connectivity index (χ2v) is 4.12. The van der Waals surface area contributed by atoms with Crippen LogP contribution in [0.1, 0.15) is 25.8 Å². The van der Waals surface area contributed by atoms with Gasteiger partial charge in [0.05, 0.1) is 13.0 Å². The molecule has 0 bridgehead atoms. The number of carbonyl (C=O) groups excluding carboxylic acids is 1. The molecule has 3 nitrogen and oxygen atoms in total. The Morgan fingerprint density at radius 1 is 1.50 bits per heavy atom. The Morgan fingerprint density at radius 2 is 2.25 bits per heavy atom. The number of ether oxygens (including phenoxy) is 1. The van der Waals surface area contributed by atoms with Gasteiger partial charge in [0, 0.05) is 5.69 Å². The highest BCUT2D eigenvalue weighted by atomic mass is 16.5. The van der Waals surface area contributed by atoms with Gasteiger partial charge in [-0.1, -0.05) is 32.4 Å². The van der Waals surface area contributed by atoms with Crippen molar-refractivity contribution in [3.63, 3.8) is 0 Å². The number of nitrogen functional groups attached to an aromatic ring is 1. The fraction of sp³-hybridized carbons (Fsp3) is 0.462. The summed E-state index contributed by atoms with van der Waals surface area (Å²) in [6.07, 6.45) is 1.31. The van der Waals surface area contributed by atoms with E-state index in [1.54, 1.807) is 12.1 Å². The second kappa shape index (κ2) is 6.16. The van der Waals surface area contributed by atoms with Gasteiger partial charge >= 0.3 is 5.97 Å². The summed E-state index contributed by atoms with van der Waals surface area (Å²) in [4.78, 5) is 11.5. The van der Waals surface area contributed by atoms with Crippen LogP contribution in [0.25, 0.3) is 0 Å². The number of hydrogen-bond acceptors (Lipinski definition) is 3. The predicted molar refractivity (Wildman–Crippen MR) is 65.0 cm³/mol. The van der Waals surface area contributed by atoms with Crippen molar-refractivity contribution in [3.8, 4) is 0 Å². The first-order valence-corrected chi connectivity index (χ1v) is 5.62. The molecule has 16 heavy (non-hydrogen) atoms. The molecule has 88 valence electrons. The Morgan fingerprint density at radius 3 is 2.88 bits per heavy atom. The lowest BCUT2D eigenvalue weighted by atomic mass is 10.1. The number of benzene rings is 1. The highest BCUT2D eigenvalue weighted by Gasteiger charge is 2.07. The molecule has 0 aliphatic rings. The van der Waals surface area contributed by atoms with Gasteiger partial charge in [0.2, 0.25) is 0 Å². The van der Waals surface area contributed by atoms with E-state index in [0.717, 1.165) is 12.0 Å². The molecule has 1 aromatic rings. The van der Waals surface area contributed by atoms with E-state index in [4.69, 9.17) is 10.5 Å². The van der Waals surface area contributed by atoms with Crippen LogP contribution in [0, 0.1) is 5.92 Å². The molecule has 1 unspecified atom stereocenters. The van der Waals surface area contributed by atoms with E-state index in [1.807, 2.05) is 12.1 Å². The van der Waals surface area contributed by atoms with Crippen molar-refractivity contribution in [3.05, 3.63) is 29.8 Å². The zero-order valence-corrected chi connectivity index (χ0v) is 9.90. The van der Waals surface area contributed by atoms with Gasteiger partial charge in [0.15, 0.2) is 0 Å². The Kier molecular flexibility index (Phi) is 4.83. The molecule has 0 amide bonds. The lowest BCUT2D eigenvalue weighted by Gasteiger charge is -2.09. The first-order valence-electron chi connectivity index (χ1n) is 5.62. The van der Waals surface area contributed by atoms with Crippen molar-refractivity contribution >= 4 is 11.7 Å². The minimum Gasteiger partial charge on any atom is -0.465 e. The third-order valence-corrected chi connectivity index (χ3v) is 2.53. The molecule has 1 rings (SSSR count). The van der Waals surface area contributed by atoms with Crippen molar-refractivity contribution in [1.82, 2.24) is 0 Å². The van der Waals surface area contributed by atoms with E-state index in [-0.39, 0.29) is 5.97 Å². The van der Waals surface area contributed by atoms with Gasteiger partial charge in [-0.25, -0.2) is 0 Å². The monoisotopic (exact) mass is 221 g/mol. The second-order valence-electron chi connectivity index (χ2n) is 4.12. The summed E-state index contributed by atoms with van der Waals surface area (Å²) >= 11 is 0. The summed E-state index contributed by atoms with van der Waals surface area (Å²) in [5, 5.41) is 0. The fourth-order valence-corrected chi connectivity index (χ4v) is 1.27. The van der Waals surface area contributed by atoms with Gasteiger partial charge in [-0.2, -0.15) is 0 Å². The number of rotatable bonds is 5. The van der Waals surface area contributed by atoms with Crippen LogP contribution in [0.15, 0.2) is 24.3 Å². The highest BCUT2D eigenvalue weighted by Crippen LogP contribution is 2.08. The largest absolute Gasteiger partial charge is 0.465 e. The molecule has 0 spiro atoms. The van der Waals surface area contributed by atoms with Crippen LogP contribution < -0.4 is 5.73 Å². The summed E-state index contributed by atoms with van der Waals surface area (Å²) in [5.41, 5.74) is 7.20. The van der Waals surface area contributed by atoms with Gasteiger partial charge < -0.3 is 10.5 Å². The van der Waals surface area contributed by atoms with Crippen molar-refractivity contribution in [2.45, 2.75) is 26.7 Å². The lowest BCUT2D eigenvalue weighted by molar-refractivity contribution is -0.144. The molecule has 2 N–H and O–H groups in total. The molecular weight excluding hydrogens is 202 g/mol. The van der Waals surface area contributed by atoms with E-state index < -0.39 is 0 Å². The standard InChI is InChI=1S/C13H19NO2/c1-3-10(2)9-16-13(15)8-11-5-4-6-12(14)7-11/h4-7,10H,3,8-9,14H2,1-2H3. The van der Waals surface area contributed by atoms with Crippen LogP contribution in [0.2, 0.25) is 0 Å². The van der Waals surface area contributed by atoms with Crippen LogP contribution in [-0.2, 0) is 16.0 Å². The van der Waals surface area contributed by atoms with Crippen molar-refractivity contribution < 1.29 is 9.53 Å². The number of hydrogen-bond donors (Lipinski definition) is 1. The quantitative estimate of drug-likeness (QED) is 0.613. The van der Waals surface area contributed by atoms with Crippen LogP contribution in [0.3, 0.4) is 0 Å². The molecule has 0 radical (unpaired) electrons. The topological polar surface area (TPSA) is 52.3 Å². The zero-order chi connectivity index (χ0) is 12.0. The van der Waals surface area contributed by atoms with Gasteiger partial charge in [0.25, 0.3) is 0 Å². The predicted octanol–water partition coefficient (Wildman–Crippen LogP) is 2.40. The van der Waals surface area contributed by atoms with E-state index >= 15 is 0 Å². The average Bonchev–Trinajstić information content (AvgIpc) is 2.26. The van der Waals surface area contributed by atoms with Gasteiger partial charge in [-0.05, 0) is 23.6 Å². The Hall–Kier alpha value is -1.51. The van der Waals surface area contributed by atoms with Gasteiger partial charge in [-0.3, -0.25) is 4.79 Å². The van der Waals surface area contributed by atoms with Crippen LogP contribution in [0.4, 0.5) is 5.69 Å². The molecule has 1 atom stereocenters. The first-order chi connectivity index (χ1) is 7.61. The summed E-state index contributed by atoms with van der Waals surface area (Å²) in [7, 11) is 0. The number of esters is 1. The Bertz CT molecular complexity index is 350. The smallest absolute Gasteiger partial charge is 0.310 e. The van der Waals surface area contributed by atoms with Crippen molar-refractivity contribution in [2.75, 3.05) is 12.3 Å². The molecular formula is C13H19NO2. The minimum atomic E-state index is -0.189. The lowest BCUT2D eigenvalue weighted by Crippen LogP contribution is -2.13. The number of nitrogens with two attached hydrogens (primary N) is 1. The molecule has 0 fully saturated rings. The Balaban J connectivity index is 2.40. The summed E-state index contributed by atoms with van der Waals surface area (Å²) in [5.74, 6) is 0.232. The minimum absolute atomic E-state index is 0.189. The maximum atomic E-state index is 11.5. The average molecular weight is 221 g/mol. The van der Waals surface area contributed by atoms with Gasteiger partial charge in [-0.15, -0.1) is 0 Å².